The van der Waals surface area contributed by atoms with Crippen molar-refractivity contribution in [2.24, 2.45) is 17.8 Å². The molecular weight excluding hydrogens is 356 g/mol. The topological polar surface area (TPSA) is 104 Å². The molecule has 8 heteroatoms. The van der Waals surface area contributed by atoms with E-state index in [1.807, 2.05) is 20.8 Å². The van der Waals surface area contributed by atoms with Crippen molar-refractivity contribution in [3.05, 3.63) is 29.8 Å². The van der Waals surface area contributed by atoms with Gasteiger partial charge in [0, 0.05) is 25.2 Å². The Morgan fingerprint density at radius 3 is 2.38 bits per heavy atom. The fourth-order valence-electron chi connectivity index (χ4n) is 3.02. The van der Waals surface area contributed by atoms with Crippen LogP contribution in [0.15, 0.2) is 29.2 Å². The van der Waals surface area contributed by atoms with E-state index < -0.39 is 21.9 Å². The zero-order chi connectivity index (χ0) is 19.5. The number of piperidine rings is 1. The van der Waals surface area contributed by atoms with Crippen LogP contribution in [-0.2, 0) is 14.8 Å². The van der Waals surface area contributed by atoms with Gasteiger partial charge in [0.2, 0.25) is 10.0 Å². The van der Waals surface area contributed by atoms with Gasteiger partial charge < -0.3 is 10.0 Å². The van der Waals surface area contributed by atoms with Gasteiger partial charge >= 0.3 is 5.97 Å². The second-order valence-electron chi connectivity index (χ2n) is 7.23. The van der Waals surface area contributed by atoms with Crippen LogP contribution < -0.4 is 4.72 Å². The second-order valence-corrected chi connectivity index (χ2v) is 9.00. The number of aliphatic carboxylic acids is 1. The summed E-state index contributed by atoms with van der Waals surface area (Å²) in [6, 6.07) is 5.84. The highest BCUT2D eigenvalue weighted by atomic mass is 32.2. The molecule has 2 unspecified atom stereocenters. The number of benzene rings is 1. The predicted octanol–water partition coefficient (Wildman–Crippen LogP) is 1.80. The molecule has 0 aromatic heterocycles. The van der Waals surface area contributed by atoms with Gasteiger partial charge in [-0.1, -0.05) is 20.8 Å². The van der Waals surface area contributed by atoms with Crippen LogP contribution in [0.3, 0.4) is 0 Å². The summed E-state index contributed by atoms with van der Waals surface area (Å²) >= 11 is 0. The van der Waals surface area contributed by atoms with Gasteiger partial charge in [-0.25, -0.2) is 13.1 Å². The molecular formula is C18H26N2O5S. The lowest BCUT2D eigenvalue weighted by molar-refractivity contribution is -0.145. The highest BCUT2D eigenvalue weighted by Gasteiger charge is 2.33. The molecule has 0 aliphatic carbocycles. The average molecular weight is 382 g/mol. The minimum Gasteiger partial charge on any atom is -0.481 e. The molecule has 7 nitrogen and oxygen atoms in total. The Morgan fingerprint density at radius 1 is 1.27 bits per heavy atom. The van der Waals surface area contributed by atoms with Crippen LogP contribution in [0, 0.1) is 17.8 Å². The molecule has 1 aliphatic rings. The van der Waals surface area contributed by atoms with Gasteiger partial charge in [0.1, 0.15) is 0 Å². The molecule has 1 saturated heterocycles. The van der Waals surface area contributed by atoms with E-state index in [0.717, 1.165) is 0 Å². The fourth-order valence-corrected chi connectivity index (χ4v) is 4.23. The molecule has 2 atom stereocenters. The molecule has 0 saturated carbocycles. The molecule has 1 fully saturated rings. The third kappa shape index (κ3) is 4.82. The number of carbonyl (C=O) groups is 2. The number of nitrogens with zero attached hydrogens (tertiary/aromatic N) is 1. The zero-order valence-electron chi connectivity index (χ0n) is 15.3. The normalized spacial score (nSPS) is 21.0. The van der Waals surface area contributed by atoms with Crippen molar-refractivity contribution in [3.63, 3.8) is 0 Å². The number of nitrogens with one attached hydrogen (secondary N) is 1. The Bertz CT molecular complexity index is 758. The van der Waals surface area contributed by atoms with E-state index in [0.29, 0.717) is 31.6 Å². The minimum atomic E-state index is -3.59. The molecule has 1 heterocycles. The van der Waals surface area contributed by atoms with Crippen LogP contribution in [0.5, 0.6) is 0 Å². The summed E-state index contributed by atoms with van der Waals surface area (Å²) in [6.07, 6.45) is 0.424. The monoisotopic (exact) mass is 382 g/mol. The average Bonchev–Trinajstić information content (AvgIpc) is 2.59. The Kier molecular flexibility index (Phi) is 6.41. The van der Waals surface area contributed by atoms with Gasteiger partial charge in [0.05, 0.1) is 10.8 Å². The number of hydrogen-bond acceptors (Lipinski definition) is 4. The first-order valence-corrected chi connectivity index (χ1v) is 10.2. The molecule has 144 valence electrons. The predicted molar refractivity (Wildman–Crippen MR) is 97.3 cm³/mol. The smallest absolute Gasteiger partial charge is 0.306 e. The molecule has 2 rings (SSSR count). The molecule has 0 bridgehead atoms. The summed E-state index contributed by atoms with van der Waals surface area (Å²) in [5.74, 6) is -1.39. The van der Waals surface area contributed by atoms with Crippen LogP contribution in [-0.4, -0.2) is 49.9 Å². The van der Waals surface area contributed by atoms with Crippen LogP contribution in [0.1, 0.15) is 37.6 Å². The second kappa shape index (κ2) is 8.18. The first-order valence-electron chi connectivity index (χ1n) is 8.73. The van der Waals surface area contributed by atoms with Crippen molar-refractivity contribution >= 4 is 21.9 Å². The Balaban J connectivity index is 2.06. The molecule has 0 radical (unpaired) electrons. The Morgan fingerprint density at radius 2 is 1.88 bits per heavy atom. The maximum Gasteiger partial charge on any atom is 0.306 e. The van der Waals surface area contributed by atoms with E-state index in [-0.39, 0.29) is 22.6 Å². The molecule has 26 heavy (non-hydrogen) atoms. The lowest BCUT2D eigenvalue weighted by Crippen LogP contribution is -2.45. The first kappa shape index (κ1) is 20.4. The lowest BCUT2D eigenvalue weighted by atomic mass is 9.87. The third-order valence-corrected chi connectivity index (χ3v) is 6.04. The molecule has 1 aromatic rings. The summed E-state index contributed by atoms with van der Waals surface area (Å²) < 4.78 is 26.9. The number of sulfonamides is 1. The van der Waals surface area contributed by atoms with Crippen molar-refractivity contribution in [2.75, 3.05) is 19.6 Å². The van der Waals surface area contributed by atoms with Crippen LogP contribution >= 0.6 is 0 Å². The Labute approximate surface area is 154 Å². The van der Waals surface area contributed by atoms with Gasteiger partial charge in [-0.3, -0.25) is 9.59 Å². The number of carboxylic acids is 1. The van der Waals surface area contributed by atoms with Gasteiger partial charge in [-0.2, -0.15) is 0 Å². The van der Waals surface area contributed by atoms with E-state index >= 15 is 0 Å². The zero-order valence-corrected chi connectivity index (χ0v) is 16.1. The van der Waals surface area contributed by atoms with Crippen molar-refractivity contribution < 1.29 is 23.1 Å². The molecule has 1 aliphatic heterocycles. The number of carboxylic acid groups (broad SMARTS) is 1. The summed E-state index contributed by atoms with van der Waals surface area (Å²) in [6.45, 7) is 6.77. The quantitative estimate of drug-likeness (QED) is 0.781. The highest BCUT2D eigenvalue weighted by molar-refractivity contribution is 7.89. The van der Waals surface area contributed by atoms with Crippen molar-refractivity contribution in [3.8, 4) is 0 Å². The van der Waals surface area contributed by atoms with Gasteiger partial charge in [0.15, 0.2) is 0 Å². The standard InChI is InChI=1S/C18H26N2O5S/c1-12(2)10-19-26(24,25)15-6-4-14(5-7-15)17(21)20-9-8-16(18(22)23)13(3)11-20/h4-7,12-13,16,19H,8-11H2,1-3H3,(H,22,23). The van der Waals surface area contributed by atoms with E-state index in [2.05, 4.69) is 4.72 Å². The fraction of sp³-hybridized carbons (Fsp3) is 0.556. The SMILES string of the molecule is CC(C)CNS(=O)(=O)c1ccc(C(=O)N2CCC(C(=O)O)C(C)C2)cc1. The molecule has 2 N–H and O–H groups in total. The van der Waals surface area contributed by atoms with E-state index in [1.165, 1.54) is 24.3 Å². The van der Waals surface area contributed by atoms with E-state index in [1.54, 1.807) is 4.90 Å². The number of amides is 1. The van der Waals surface area contributed by atoms with Crippen molar-refractivity contribution in [1.29, 1.82) is 0 Å². The largest absolute Gasteiger partial charge is 0.481 e. The summed E-state index contributed by atoms with van der Waals surface area (Å²) in [5, 5.41) is 9.17. The Hall–Kier alpha value is -1.93. The first-order chi connectivity index (χ1) is 12.1. The van der Waals surface area contributed by atoms with Crippen LogP contribution in [0.2, 0.25) is 0 Å². The maximum absolute atomic E-state index is 12.6. The van der Waals surface area contributed by atoms with E-state index in [4.69, 9.17) is 5.11 Å². The third-order valence-electron chi connectivity index (χ3n) is 4.60. The maximum atomic E-state index is 12.6. The number of carbonyl (C=O) groups excluding carboxylic acids is 1. The summed E-state index contributed by atoms with van der Waals surface area (Å²) in [5.41, 5.74) is 0.397. The summed E-state index contributed by atoms with van der Waals surface area (Å²) in [4.78, 5) is 25.5. The summed E-state index contributed by atoms with van der Waals surface area (Å²) in [7, 11) is -3.59. The van der Waals surface area contributed by atoms with Gasteiger partial charge in [-0.05, 0) is 42.5 Å². The minimum absolute atomic E-state index is 0.118. The van der Waals surface area contributed by atoms with Crippen molar-refractivity contribution in [1.82, 2.24) is 9.62 Å². The van der Waals surface area contributed by atoms with Crippen LogP contribution in [0.4, 0.5) is 0 Å². The molecule has 1 amide bonds. The van der Waals surface area contributed by atoms with Gasteiger partial charge in [0.25, 0.3) is 5.91 Å². The molecule has 1 aromatic carbocycles. The van der Waals surface area contributed by atoms with Crippen LogP contribution in [0.25, 0.3) is 0 Å². The lowest BCUT2D eigenvalue weighted by Gasteiger charge is -2.35. The highest BCUT2D eigenvalue weighted by Crippen LogP contribution is 2.25. The van der Waals surface area contributed by atoms with Crippen molar-refractivity contribution in [2.45, 2.75) is 32.1 Å². The van der Waals surface area contributed by atoms with E-state index in [9.17, 15) is 18.0 Å². The number of hydrogen-bond donors (Lipinski definition) is 2. The molecule has 0 spiro atoms. The van der Waals surface area contributed by atoms with Gasteiger partial charge in [-0.15, -0.1) is 0 Å². The number of rotatable bonds is 6. The number of likely N-dealkylation sites (tertiary alicyclic amines) is 1.